The van der Waals surface area contributed by atoms with E-state index in [1.165, 1.54) is 29.3 Å². The number of nitrogens with zero attached hydrogens (tertiary/aromatic N) is 5. The molecule has 8 heteroatoms. The number of aromatic nitrogens is 5. The van der Waals surface area contributed by atoms with Gasteiger partial charge in [-0.2, -0.15) is 5.10 Å². The van der Waals surface area contributed by atoms with Gasteiger partial charge in [0.2, 0.25) is 5.28 Å². The molecule has 0 amide bonds. The fourth-order valence-corrected chi connectivity index (χ4v) is 2.60. The molecule has 0 saturated heterocycles. The SMILES string of the molecule is Cc1nnc(Sc2cnnc(Cl)n2)s1. The van der Waals surface area contributed by atoms with Crippen molar-refractivity contribution in [2.75, 3.05) is 0 Å². The molecule has 0 fully saturated rings. The molecule has 0 unspecified atom stereocenters. The van der Waals surface area contributed by atoms with Crippen molar-refractivity contribution >= 4 is 34.7 Å². The number of halogens is 1. The highest BCUT2D eigenvalue weighted by atomic mass is 35.5. The van der Waals surface area contributed by atoms with E-state index in [9.17, 15) is 0 Å². The van der Waals surface area contributed by atoms with Gasteiger partial charge in [0.25, 0.3) is 0 Å². The van der Waals surface area contributed by atoms with E-state index < -0.39 is 0 Å². The molecule has 0 spiro atoms. The summed E-state index contributed by atoms with van der Waals surface area (Å²) in [5, 5.41) is 16.8. The van der Waals surface area contributed by atoms with Gasteiger partial charge < -0.3 is 0 Å². The van der Waals surface area contributed by atoms with Gasteiger partial charge in [0.05, 0.1) is 6.20 Å². The molecule has 5 nitrogen and oxygen atoms in total. The van der Waals surface area contributed by atoms with Crippen LogP contribution in [0, 0.1) is 6.92 Å². The maximum absolute atomic E-state index is 5.59. The van der Waals surface area contributed by atoms with Gasteiger partial charge in [-0.25, -0.2) is 4.98 Å². The van der Waals surface area contributed by atoms with E-state index in [1.54, 1.807) is 0 Å². The molecule has 0 aliphatic carbocycles. The smallest absolute Gasteiger partial charge is 0.208 e. The van der Waals surface area contributed by atoms with Gasteiger partial charge in [-0.05, 0) is 30.3 Å². The van der Waals surface area contributed by atoms with Crippen LogP contribution < -0.4 is 0 Å². The molecule has 14 heavy (non-hydrogen) atoms. The zero-order valence-electron chi connectivity index (χ0n) is 7.01. The summed E-state index contributed by atoms with van der Waals surface area (Å²) in [5.41, 5.74) is 0. The van der Waals surface area contributed by atoms with E-state index >= 15 is 0 Å². The van der Waals surface area contributed by atoms with Crippen LogP contribution in [0.1, 0.15) is 5.01 Å². The first-order valence-corrected chi connectivity index (χ1v) is 5.58. The van der Waals surface area contributed by atoms with Crippen molar-refractivity contribution in [1.29, 1.82) is 0 Å². The Balaban J connectivity index is 2.18. The molecule has 0 radical (unpaired) electrons. The van der Waals surface area contributed by atoms with Crippen molar-refractivity contribution in [3.63, 3.8) is 0 Å². The standard InChI is InChI=1S/C6H4ClN5S2/c1-3-10-12-6(13-3)14-4-2-8-11-5(7)9-4/h2H,1H3. The molecule has 0 saturated carbocycles. The minimum absolute atomic E-state index is 0.135. The molecule has 0 aliphatic heterocycles. The molecule has 2 rings (SSSR count). The quantitative estimate of drug-likeness (QED) is 0.804. The highest BCUT2D eigenvalue weighted by molar-refractivity contribution is 8.01. The van der Waals surface area contributed by atoms with E-state index in [-0.39, 0.29) is 5.28 Å². The van der Waals surface area contributed by atoms with Crippen LogP contribution in [-0.2, 0) is 0 Å². The van der Waals surface area contributed by atoms with Gasteiger partial charge >= 0.3 is 0 Å². The second-order valence-electron chi connectivity index (χ2n) is 2.25. The van der Waals surface area contributed by atoms with Gasteiger partial charge in [0.1, 0.15) is 10.0 Å². The second-order valence-corrected chi connectivity index (χ2v) is 5.04. The van der Waals surface area contributed by atoms with Crippen LogP contribution in [-0.4, -0.2) is 25.4 Å². The lowest BCUT2D eigenvalue weighted by atomic mass is 10.9. The van der Waals surface area contributed by atoms with E-state index in [0.717, 1.165) is 9.35 Å². The minimum Gasteiger partial charge on any atom is -0.208 e. The first kappa shape index (κ1) is 9.75. The summed E-state index contributed by atoms with van der Waals surface area (Å²) in [6, 6.07) is 0. The zero-order valence-corrected chi connectivity index (χ0v) is 9.40. The Morgan fingerprint density at radius 2 is 2.21 bits per heavy atom. The molecule has 0 aliphatic rings. The molecule has 2 heterocycles. The van der Waals surface area contributed by atoms with Gasteiger partial charge in [-0.15, -0.1) is 15.3 Å². The maximum atomic E-state index is 5.59. The molecule has 2 aromatic rings. The fraction of sp³-hybridized carbons (Fsp3) is 0.167. The Hall–Kier alpha value is -0.790. The molecule has 0 N–H and O–H groups in total. The summed E-state index contributed by atoms with van der Waals surface area (Å²) < 4.78 is 0.819. The Kier molecular flexibility index (Phi) is 2.90. The van der Waals surface area contributed by atoms with Crippen molar-refractivity contribution in [2.24, 2.45) is 0 Å². The number of aryl methyl sites for hydroxylation is 1. The van der Waals surface area contributed by atoms with E-state index in [0.29, 0.717) is 5.03 Å². The van der Waals surface area contributed by atoms with Gasteiger partial charge in [0.15, 0.2) is 4.34 Å². The van der Waals surface area contributed by atoms with Crippen LogP contribution in [0.3, 0.4) is 0 Å². The normalized spacial score (nSPS) is 10.4. The minimum atomic E-state index is 0.135. The molecular weight excluding hydrogens is 242 g/mol. The molecule has 0 atom stereocenters. The van der Waals surface area contributed by atoms with Crippen molar-refractivity contribution in [1.82, 2.24) is 25.4 Å². The molecular formula is C6H4ClN5S2. The van der Waals surface area contributed by atoms with Gasteiger partial charge in [-0.3, -0.25) is 0 Å². The predicted octanol–water partition coefficient (Wildman–Crippen LogP) is 1.84. The summed E-state index contributed by atoms with van der Waals surface area (Å²) in [4.78, 5) is 3.97. The molecule has 0 aromatic carbocycles. The molecule has 0 bridgehead atoms. The summed E-state index contributed by atoms with van der Waals surface area (Å²) >= 11 is 8.45. The summed E-state index contributed by atoms with van der Waals surface area (Å²) in [5.74, 6) is 0. The van der Waals surface area contributed by atoms with Crippen LogP contribution in [0.25, 0.3) is 0 Å². The topological polar surface area (TPSA) is 64.5 Å². The summed E-state index contributed by atoms with van der Waals surface area (Å²) in [6.07, 6.45) is 1.54. The third kappa shape index (κ3) is 2.37. The van der Waals surface area contributed by atoms with E-state index in [2.05, 4.69) is 25.4 Å². The Bertz CT molecular complexity index is 445. The summed E-state index contributed by atoms with van der Waals surface area (Å²) in [6.45, 7) is 1.90. The lowest BCUT2D eigenvalue weighted by Crippen LogP contribution is -1.87. The lowest BCUT2D eigenvalue weighted by molar-refractivity contribution is 0.901. The van der Waals surface area contributed by atoms with Crippen LogP contribution >= 0.6 is 34.7 Å². The van der Waals surface area contributed by atoms with Crippen LogP contribution in [0.2, 0.25) is 5.28 Å². The third-order valence-electron chi connectivity index (χ3n) is 1.21. The third-order valence-corrected chi connectivity index (χ3v) is 3.17. The molecule has 2 aromatic heterocycles. The first-order valence-electron chi connectivity index (χ1n) is 3.57. The highest BCUT2D eigenvalue weighted by Gasteiger charge is 2.05. The van der Waals surface area contributed by atoms with Crippen LogP contribution in [0.4, 0.5) is 0 Å². The Morgan fingerprint density at radius 3 is 2.86 bits per heavy atom. The monoisotopic (exact) mass is 245 g/mol. The first-order chi connectivity index (χ1) is 6.74. The average molecular weight is 246 g/mol. The average Bonchev–Trinajstić information content (AvgIpc) is 2.51. The number of hydrogen-bond acceptors (Lipinski definition) is 7. The zero-order chi connectivity index (χ0) is 9.97. The Morgan fingerprint density at radius 1 is 1.36 bits per heavy atom. The van der Waals surface area contributed by atoms with Crippen LogP contribution in [0.15, 0.2) is 15.6 Å². The van der Waals surface area contributed by atoms with Gasteiger partial charge in [0, 0.05) is 0 Å². The van der Waals surface area contributed by atoms with E-state index in [4.69, 9.17) is 11.6 Å². The number of hydrogen-bond donors (Lipinski definition) is 0. The maximum Gasteiger partial charge on any atom is 0.244 e. The second kappa shape index (κ2) is 4.16. The van der Waals surface area contributed by atoms with Crippen LogP contribution in [0.5, 0.6) is 0 Å². The lowest BCUT2D eigenvalue weighted by Gasteiger charge is -1.93. The Labute approximate surface area is 93.0 Å². The largest absolute Gasteiger partial charge is 0.244 e. The summed E-state index contributed by atoms with van der Waals surface area (Å²) in [7, 11) is 0. The number of rotatable bonds is 2. The molecule has 72 valence electrons. The van der Waals surface area contributed by atoms with Crippen molar-refractivity contribution in [2.45, 2.75) is 16.3 Å². The van der Waals surface area contributed by atoms with E-state index in [1.807, 2.05) is 6.92 Å². The van der Waals surface area contributed by atoms with Crippen molar-refractivity contribution < 1.29 is 0 Å². The van der Waals surface area contributed by atoms with Gasteiger partial charge in [-0.1, -0.05) is 11.3 Å². The van der Waals surface area contributed by atoms with Crippen molar-refractivity contribution in [3.05, 3.63) is 16.5 Å². The van der Waals surface area contributed by atoms with Crippen molar-refractivity contribution in [3.8, 4) is 0 Å². The highest BCUT2D eigenvalue weighted by Crippen LogP contribution is 2.27. The predicted molar refractivity (Wildman–Crippen MR) is 53.6 cm³/mol. The fourth-order valence-electron chi connectivity index (χ4n) is 0.726.